The number of hydrogen-bond acceptors (Lipinski definition) is 3. The Morgan fingerprint density at radius 3 is 2.33 bits per heavy atom. The van der Waals surface area contributed by atoms with E-state index in [2.05, 4.69) is 5.16 Å². The van der Waals surface area contributed by atoms with Gasteiger partial charge in [0.2, 0.25) is 0 Å². The van der Waals surface area contributed by atoms with E-state index in [1.54, 1.807) is 13.0 Å². The van der Waals surface area contributed by atoms with Crippen LogP contribution < -0.4 is 0 Å². The van der Waals surface area contributed by atoms with Crippen LogP contribution in [0, 0.1) is 0 Å². The quantitative estimate of drug-likeness (QED) is 0.355. The van der Waals surface area contributed by atoms with Crippen molar-refractivity contribution in [3.05, 3.63) is 41.5 Å². The summed E-state index contributed by atoms with van der Waals surface area (Å²) < 4.78 is 0. The van der Waals surface area contributed by atoms with Crippen molar-refractivity contribution in [1.82, 2.24) is 0 Å². The molecule has 0 aromatic heterocycles. The highest BCUT2D eigenvalue weighted by atomic mass is 16.4. The fourth-order valence-corrected chi connectivity index (χ4v) is 1.23. The zero-order valence-electron chi connectivity index (χ0n) is 8.77. The molecule has 3 nitrogen and oxygen atoms in total. The molecule has 0 saturated carbocycles. The molecule has 1 rings (SSSR count). The largest absolute Gasteiger partial charge is 0.411 e. The van der Waals surface area contributed by atoms with Gasteiger partial charge in [0.1, 0.15) is 0 Å². The molecular formula is C12H13NO2. The lowest BCUT2D eigenvalue weighted by atomic mass is 10.0. The van der Waals surface area contributed by atoms with Crippen LogP contribution in [0.2, 0.25) is 0 Å². The Balaban J connectivity index is 3.11. The first kappa shape index (κ1) is 11.2. The van der Waals surface area contributed by atoms with Crippen LogP contribution in [0.1, 0.15) is 19.4 Å². The lowest BCUT2D eigenvalue weighted by Crippen LogP contribution is -2.06. The molecule has 78 valence electrons. The lowest BCUT2D eigenvalue weighted by molar-refractivity contribution is -0.113. The highest BCUT2D eigenvalue weighted by Crippen LogP contribution is 2.09. The zero-order valence-corrected chi connectivity index (χ0v) is 8.77. The van der Waals surface area contributed by atoms with Crippen LogP contribution in [0.15, 0.2) is 41.1 Å². The molecule has 0 saturated heterocycles. The van der Waals surface area contributed by atoms with Gasteiger partial charge in [-0.05, 0) is 25.5 Å². The van der Waals surface area contributed by atoms with Crippen LogP contribution in [0.3, 0.4) is 0 Å². The molecular weight excluding hydrogens is 190 g/mol. The molecule has 0 fully saturated rings. The molecule has 1 aromatic rings. The Morgan fingerprint density at radius 1 is 1.27 bits per heavy atom. The predicted octanol–water partition coefficient (Wildman–Crippen LogP) is 2.51. The van der Waals surface area contributed by atoms with Gasteiger partial charge in [-0.2, -0.15) is 0 Å². The van der Waals surface area contributed by atoms with E-state index >= 15 is 0 Å². The van der Waals surface area contributed by atoms with Gasteiger partial charge in [-0.1, -0.05) is 35.5 Å². The third-order valence-corrected chi connectivity index (χ3v) is 2.03. The monoisotopic (exact) mass is 203 g/mol. The van der Waals surface area contributed by atoms with Gasteiger partial charge < -0.3 is 5.21 Å². The molecule has 0 amide bonds. The second-order valence-corrected chi connectivity index (χ2v) is 3.21. The van der Waals surface area contributed by atoms with Crippen molar-refractivity contribution < 1.29 is 10.0 Å². The molecule has 0 bridgehead atoms. The van der Waals surface area contributed by atoms with Crippen LogP contribution in [0.5, 0.6) is 0 Å². The van der Waals surface area contributed by atoms with E-state index in [0.29, 0.717) is 11.3 Å². The first-order valence-corrected chi connectivity index (χ1v) is 4.62. The maximum atomic E-state index is 11.3. The van der Waals surface area contributed by atoms with Crippen LogP contribution in [-0.2, 0) is 4.79 Å². The van der Waals surface area contributed by atoms with E-state index in [1.165, 1.54) is 6.92 Å². The summed E-state index contributed by atoms with van der Waals surface area (Å²) in [6, 6.07) is 9.43. The van der Waals surface area contributed by atoms with E-state index in [-0.39, 0.29) is 5.78 Å². The minimum absolute atomic E-state index is 0.117. The summed E-state index contributed by atoms with van der Waals surface area (Å²) in [5, 5.41) is 11.7. The lowest BCUT2D eigenvalue weighted by Gasteiger charge is -2.01. The Labute approximate surface area is 88.7 Å². The molecule has 15 heavy (non-hydrogen) atoms. The number of oxime groups is 1. The maximum absolute atomic E-state index is 11.3. The summed E-state index contributed by atoms with van der Waals surface area (Å²) in [4.78, 5) is 11.3. The fourth-order valence-electron chi connectivity index (χ4n) is 1.23. The summed E-state index contributed by atoms with van der Waals surface area (Å²) in [5.41, 5.74) is 1.65. The molecule has 0 aliphatic heterocycles. The van der Waals surface area contributed by atoms with Crippen LogP contribution in [0.4, 0.5) is 0 Å². The summed E-state index contributed by atoms with van der Waals surface area (Å²) >= 11 is 0. The van der Waals surface area contributed by atoms with Crippen molar-refractivity contribution >= 4 is 17.6 Å². The van der Waals surface area contributed by atoms with Crippen LogP contribution in [-0.4, -0.2) is 16.7 Å². The summed E-state index contributed by atoms with van der Waals surface area (Å²) in [5.74, 6) is -0.117. The van der Waals surface area contributed by atoms with E-state index in [1.807, 2.05) is 30.3 Å². The average molecular weight is 203 g/mol. The Morgan fingerprint density at radius 2 is 1.87 bits per heavy atom. The highest BCUT2D eigenvalue weighted by molar-refractivity contribution is 6.23. The van der Waals surface area contributed by atoms with Gasteiger partial charge in [-0.25, -0.2) is 0 Å². The Kier molecular flexibility index (Phi) is 3.80. The molecule has 0 aliphatic rings. The number of ketones is 1. The van der Waals surface area contributed by atoms with Gasteiger partial charge >= 0.3 is 0 Å². The third-order valence-electron chi connectivity index (χ3n) is 2.03. The number of carbonyl (C=O) groups is 1. The van der Waals surface area contributed by atoms with E-state index in [4.69, 9.17) is 5.21 Å². The van der Waals surface area contributed by atoms with E-state index < -0.39 is 0 Å². The minimum atomic E-state index is -0.117. The SMILES string of the molecule is CC(=O)C(=Cc1ccccc1)C(C)=NO. The van der Waals surface area contributed by atoms with Gasteiger partial charge in [-0.3, -0.25) is 4.79 Å². The predicted molar refractivity (Wildman–Crippen MR) is 60.0 cm³/mol. The molecule has 1 N–H and O–H groups in total. The van der Waals surface area contributed by atoms with Crippen molar-refractivity contribution in [2.24, 2.45) is 5.16 Å². The zero-order chi connectivity index (χ0) is 11.3. The fraction of sp³-hybridized carbons (Fsp3) is 0.167. The minimum Gasteiger partial charge on any atom is -0.411 e. The first-order chi connectivity index (χ1) is 7.15. The summed E-state index contributed by atoms with van der Waals surface area (Å²) in [6.07, 6.45) is 1.71. The average Bonchev–Trinajstić information content (AvgIpc) is 2.26. The molecule has 1 aromatic carbocycles. The molecule has 0 aliphatic carbocycles. The topological polar surface area (TPSA) is 49.7 Å². The van der Waals surface area contributed by atoms with Crippen LogP contribution >= 0.6 is 0 Å². The van der Waals surface area contributed by atoms with Crippen molar-refractivity contribution in [3.63, 3.8) is 0 Å². The second kappa shape index (κ2) is 5.10. The van der Waals surface area contributed by atoms with E-state index in [9.17, 15) is 4.79 Å². The number of carbonyl (C=O) groups excluding carboxylic acids is 1. The first-order valence-electron chi connectivity index (χ1n) is 4.62. The number of rotatable bonds is 3. The Bertz CT molecular complexity index is 405. The Hall–Kier alpha value is -1.90. The van der Waals surface area contributed by atoms with E-state index in [0.717, 1.165) is 5.56 Å². The maximum Gasteiger partial charge on any atom is 0.161 e. The number of nitrogens with zero attached hydrogens (tertiary/aromatic N) is 1. The van der Waals surface area contributed by atoms with Gasteiger partial charge in [0, 0.05) is 5.57 Å². The molecule has 0 radical (unpaired) electrons. The molecule has 0 spiro atoms. The standard InChI is InChI=1S/C12H13NO2/c1-9(13-15)12(10(2)14)8-11-6-4-3-5-7-11/h3-8,15H,1-2H3. The second-order valence-electron chi connectivity index (χ2n) is 3.21. The summed E-state index contributed by atoms with van der Waals surface area (Å²) in [7, 11) is 0. The molecule has 3 heteroatoms. The number of benzene rings is 1. The number of Topliss-reactive ketones (excluding diaryl/α,β-unsaturated/α-hetero) is 1. The normalized spacial score (nSPS) is 12.7. The van der Waals surface area contributed by atoms with Crippen molar-refractivity contribution in [2.75, 3.05) is 0 Å². The summed E-state index contributed by atoms with van der Waals surface area (Å²) in [6.45, 7) is 3.04. The number of hydrogen-bond donors (Lipinski definition) is 1. The van der Waals surface area contributed by atoms with Gasteiger partial charge in [-0.15, -0.1) is 0 Å². The third kappa shape index (κ3) is 3.06. The van der Waals surface area contributed by atoms with Gasteiger partial charge in [0.25, 0.3) is 0 Å². The van der Waals surface area contributed by atoms with Crippen molar-refractivity contribution in [1.29, 1.82) is 0 Å². The smallest absolute Gasteiger partial charge is 0.161 e. The van der Waals surface area contributed by atoms with Crippen molar-refractivity contribution in [3.8, 4) is 0 Å². The van der Waals surface area contributed by atoms with Gasteiger partial charge in [0.05, 0.1) is 5.71 Å². The van der Waals surface area contributed by atoms with Crippen LogP contribution in [0.25, 0.3) is 6.08 Å². The molecule has 0 heterocycles. The highest BCUT2D eigenvalue weighted by Gasteiger charge is 2.07. The molecule has 0 atom stereocenters. The van der Waals surface area contributed by atoms with Gasteiger partial charge in [0.15, 0.2) is 5.78 Å². The van der Waals surface area contributed by atoms with Crippen molar-refractivity contribution in [2.45, 2.75) is 13.8 Å². The number of allylic oxidation sites excluding steroid dienone is 1. The molecule has 0 unspecified atom stereocenters.